The first kappa shape index (κ1) is 25.0. The van der Waals surface area contributed by atoms with Gasteiger partial charge in [0.2, 0.25) is 11.8 Å². The van der Waals surface area contributed by atoms with E-state index in [0.29, 0.717) is 24.1 Å². The number of carbonyl (C=O) groups is 2. The maximum atomic E-state index is 12.7. The third kappa shape index (κ3) is 6.90. The van der Waals surface area contributed by atoms with E-state index in [-0.39, 0.29) is 30.6 Å². The molecule has 2 amide bonds. The third-order valence-corrected chi connectivity index (χ3v) is 5.47. The molecule has 1 aliphatic heterocycles. The Hall–Kier alpha value is -3.23. The summed E-state index contributed by atoms with van der Waals surface area (Å²) in [5.74, 6) is -0.682. The van der Waals surface area contributed by atoms with Crippen LogP contribution in [-0.2, 0) is 16.1 Å². The number of piperidine rings is 1. The zero-order valence-corrected chi connectivity index (χ0v) is 18.7. The number of amides is 2. The predicted molar refractivity (Wildman–Crippen MR) is 126 cm³/mol. The fourth-order valence-electron chi connectivity index (χ4n) is 3.40. The highest BCUT2D eigenvalue weighted by molar-refractivity contribution is 5.95. The predicted octanol–water partition coefficient (Wildman–Crippen LogP) is 1.26. The monoisotopic (exact) mass is 439 g/mol. The van der Waals surface area contributed by atoms with Crippen molar-refractivity contribution in [1.29, 1.82) is 5.41 Å². The van der Waals surface area contributed by atoms with Crippen LogP contribution in [0.25, 0.3) is 0 Å². The summed E-state index contributed by atoms with van der Waals surface area (Å²) < 4.78 is 0. The van der Waals surface area contributed by atoms with Crippen LogP contribution in [-0.4, -0.2) is 47.0 Å². The largest absolute Gasteiger partial charge is 0.385 e. The van der Waals surface area contributed by atoms with Crippen LogP contribution in [0, 0.1) is 5.41 Å². The number of hydrogen-bond acceptors (Lipinski definition) is 5. The topological polar surface area (TPSA) is 140 Å². The Morgan fingerprint density at radius 2 is 2.06 bits per heavy atom. The van der Waals surface area contributed by atoms with Crippen molar-refractivity contribution >= 4 is 17.6 Å². The molecule has 1 saturated heterocycles. The Kier molecular flexibility index (Phi) is 8.92. The van der Waals surface area contributed by atoms with Gasteiger partial charge < -0.3 is 26.8 Å². The van der Waals surface area contributed by atoms with Crippen molar-refractivity contribution in [3.05, 3.63) is 71.8 Å². The van der Waals surface area contributed by atoms with Gasteiger partial charge in [0.15, 0.2) is 0 Å². The Morgan fingerprint density at radius 1 is 1.38 bits per heavy atom. The molecule has 1 aromatic carbocycles. The number of nitrogen functional groups attached to an aromatic ring is 1. The molecule has 2 rings (SSSR count). The zero-order chi connectivity index (χ0) is 23.7. The van der Waals surface area contributed by atoms with E-state index in [9.17, 15) is 14.7 Å². The second-order valence-electron chi connectivity index (χ2n) is 7.96. The SMILES string of the molecule is C=C(/C=C\C=C/C)[C@]1(O)CCN[C@@H](C(=O)N[C@@H](C)C(=O)NCc2ccc(C(=N)N)cc2)C1. The number of allylic oxidation sites excluding steroid dienone is 3. The van der Waals surface area contributed by atoms with Crippen molar-refractivity contribution < 1.29 is 14.7 Å². The van der Waals surface area contributed by atoms with Gasteiger partial charge >= 0.3 is 0 Å². The van der Waals surface area contributed by atoms with E-state index in [1.807, 2.05) is 19.1 Å². The van der Waals surface area contributed by atoms with Gasteiger partial charge in [-0.3, -0.25) is 15.0 Å². The molecular weight excluding hydrogens is 406 g/mol. The molecule has 0 spiro atoms. The number of nitrogens with two attached hydrogens (primary N) is 1. The van der Waals surface area contributed by atoms with Crippen LogP contribution < -0.4 is 21.7 Å². The van der Waals surface area contributed by atoms with E-state index in [4.69, 9.17) is 11.1 Å². The zero-order valence-electron chi connectivity index (χ0n) is 18.7. The van der Waals surface area contributed by atoms with Crippen LogP contribution in [0.5, 0.6) is 0 Å². The maximum Gasteiger partial charge on any atom is 0.242 e. The third-order valence-electron chi connectivity index (χ3n) is 5.47. The fraction of sp³-hybridized carbons (Fsp3) is 0.375. The molecule has 3 atom stereocenters. The van der Waals surface area contributed by atoms with Crippen LogP contribution in [0.2, 0.25) is 0 Å². The van der Waals surface area contributed by atoms with Crippen molar-refractivity contribution in [2.45, 2.75) is 50.9 Å². The second kappa shape index (κ2) is 11.4. The van der Waals surface area contributed by atoms with Crippen LogP contribution >= 0.6 is 0 Å². The molecule has 1 aliphatic rings. The molecule has 0 aliphatic carbocycles. The summed E-state index contributed by atoms with van der Waals surface area (Å²) in [6.07, 6.45) is 7.90. The van der Waals surface area contributed by atoms with Gasteiger partial charge in [0.1, 0.15) is 11.9 Å². The second-order valence-corrected chi connectivity index (χ2v) is 7.96. The number of rotatable bonds is 9. The molecule has 1 aromatic rings. The Labute approximate surface area is 189 Å². The van der Waals surface area contributed by atoms with E-state index in [2.05, 4.69) is 22.5 Å². The minimum absolute atomic E-state index is 0.0162. The van der Waals surface area contributed by atoms with Gasteiger partial charge in [-0.1, -0.05) is 55.1 Å². The fourth-order valence-corrected chi connectivity index (χ4v) is 3.40. The lowest BCUT2D eigenvalue weighted by atomic mass is 9.81. The molecule has 0 saturated carbocycles. The molecule has 172 valence electrons. The van der Waals surface area contributed by atoms with E-state index in [0.717, 1.165) is 5.56 Å². The van der Waals surface area contributed by atoms with Gasteiger partial charge in [-0.15, -0.1) is 0 Å². The highest BCUT2D eigenvalue weighted by atomic mass is 16.3. The van der Waals surface area contributed by atoms with Crippen LogP contribution in [0.3, 0.4) is 0 Å². The average molecular weight is 440 g/mol. The molecule has 0 unspecified atom stereocenters. The molecular formula is C24H33N5O3. The molecule has 32 heavy (non-hydrogen) atoms. The Balaban J connectivity index is 1.88. The summed E-state index contributed by atoms with van der Waals surface area (Å²) in [6, 6.07) is 5.62. The van der Waals surface area contributed by atoms with Crippen LogP contribution in [0.15, 0.2) is 60.7 Å². The van der Waals surface area contributed by atoms with Crippen LogP contribution in [0.4, 0.5) is 0 Å². The van der Waals surface area contributed by atoms with Gasteiger partial charge in [-0.2, -0.15) is 0 Å². The lowest BCUT2D eigenvalue weighted by molar-refractivity contribution is -0.131. The molecule has 1 heterocycles. The number of carbonyl (C=O) groups excluding carboxylic acids is 2. The molecule has 1 fully saturated rings. The molecule has 0 radical (unpaired) electrons. The minimum Gasteiger partial charge on any atom is -0.385 e. The molecule has 8 nitrogen and oxygen atoms in total. The standard InChI is InChI=1S/C24H33N5O3/c1-4-5-6-7-16(2)24(32)12-13-27-20(14-24)23(31)29-17(3)22(30)28-15-18-8-10-19(11-9-18)21(25)26/h4-11,17,20,27,32H,2,12-15H2,1,3H3,(H3,25,26)(H,28,30)(H,29,31)/b5-4-,7-6-/t17-,20+,24-/m0/s1. The lowest BCUT2D eigenvalue weighted by Crippen LogP contribution is -2.57. The van der Waals surface area contributed by atoms with Gasteiger partial charge in [0.05, 0.1) is 11.6 Å². The first-order valence-electron chi connectivity index (χ1n) is 10.6. The summed E-state index contributed by atoms with van der Waals surface area (Å²) in [5, 5.41) is 27.0. The molecule has 8 heteroatoms. The number of benzene rings is 1. The van der Waals surface area contributed by atoms with E-state index in [1.54, 1.807) is 43.3 Å². The van der Waals surface area contributed by atoms with Gasteiger partial charge in [0.25, 0.3) is 0 Å². The van der Waals surface area contributed by atoms with Crippen molar-refractivity contribution in [2.75, 3.05) is 6.54 Å². The molecule has 0 aromatic heterocycles. The van der Waals surface area contributed by atoms with Gasteiger partial charge in [0, 0.05) is 18.5 Å². The summed E-state index contributed by atoms with van der Waals surface area (Å²) in [7, 11) is 0. The smallest absolute Gasteiger partial charge is 0.242 e. The normalized spacial score (nSPS) is 21.9. The number of hydrogen-bond donors (Lipinski definition) is 6. The van der Waals surface area contributed by atoms with Gasteiger partial charge in [-0.05, 0) is 37.9 Å². The summed E-state index contributed by atoms with van der Waals surface area (Å²) in [4.78, 5) is 25.1. The minimum atomic E-state index is -1.18. The first-order chi connectivity index (χ1) is 15.2. The highest BCUT2D eigenvalue weighted by Crippen LogP contribution is 2.29. The summed E-state index contributed by atoms with van der Waals surface area (Å²) in [6.45, 7) is 8.22. The average Bonchev–Trinajstić information content (AvgIpc) is 2.77. The van der Waals surface area contributed by atoms with Crippen molar-refractivity contribution in [3.8, 4) is 0 Å². The van der Waals surface area contributed by atoms with Gasteiger partial charge in [-0.25, -0.2) is 0 Å². The van der Waals surface area contributed by atoms with E-state index < -0.39 is 17.7 Å². The van der Waals surface area contributed by atoms with Crippen molar-refractivity contribution in [3.63, 3.8) is 0 Å². The number of nitrogens with one attached hydrogen (secondary N) is 4. The Bertz CT molecular complexity index is 907. The molecule has 0 bridgehead atoms. The molecule has 7 N–H and O–H groups in total. The highest BCUT2D eigenvalue weighted by Gasteiger charge is 2.38. The maximum absolute atomic E-state index is 12.7. The summed E-state index contributed by atoms with van der Waals surface area (Å²) in [5.41, 5.74) is 6.27. The van der Waals surface area contributed by atoms with E-state index in [1.165, 1.54) is 0 Å². The van der Waals surface area contributed by atoms with E-state index >= 15 is 0 Å². The quantitative estimate of drug-likeness (QED) is 0.195. The Morgan fingerprint density at radius 3 is 2.69 bits per heavy atom. The van der Waals surface area contributed by atoms with Crippen molar-refractivity contribution in [2.24, 2.45) is 5.73 Å². The van der Waals surface area contributed by atoms with Crippen LogP contribution in [0.1, 0.15) is 37.8 Å². The van der Waals surface area contributed by atoms with Crippen molar-refractivity contribution in [1.82, 2.24) is 16.0 Å². The lowest BCUT2D eigenvalue weighted by Gasteiger charge is -2.37. The first-order valence-corrected chi connectivity index (χ1v) is 10.6. The summed E-state index contributed by atoms with van der Waals surface area (Å²) >= 11 is 0. The number of amidine groups is 1. The number of aliphatic hydroxyl groups is 1.